The van der Waals surface area contributed by atoms with Crippen molar-refractivity contribution >= 4 is 22.8 Å². The van der Waals surface area contributed by atoms with Crippen LogP contribution in [0, 0.1) is 0 Å². The number of pyridine rings is 1. The van der Waals surface area contributed by atoms with E-state index in [-0.39, 0.29) is 11.6 Å². The Hall–Kier alpha value is -2.83. The fourth-order valence-corrected chi connectivity index (χ4v) is 1.54. The largest absolute Gasteiger partial charge is 0.305 e. The Morgan fingerprint density at radius 1 is 1.22 bits per heavy atom. The van der Waals surface area contributed by atoms with Crippen molar-refractivity contribution < 1.29 is 4.79 Å². The minimum Gasteiger partial charge on any atom is -0.305 e. The lowest BCUT2D eigenvalue weighted by molar-refractivity contribution is 0.102. The molecule has 0 spiro atoms. The van der Waals surface area contributed by atoms with Crippen LogP contribution in [0.5, 0.6) is 0 Å². The molecule has 0 bridgehead atoms. The van der Waals surface area contributed by atoms with Crippen molar-refractivity contribution in [3.63, 3.8) is 0 Å². The molecule has 0 aliphatic heterocycles. The number of carbonyl (C=O) groups is 1. The minimum absolute atomic E-state index is 0.240. The standard InChI is InChI=1S/C11H8N6O/c18-11(8-6-12-4-5-13-8)15-10-7-2-1-3-14-9(7)16-17-10/h1-6H,(H2,14,15,16,17,18). The zero-order chi connectivity index (χ0) is 12.4. The number of nitrogens with one attached hydrogen (secondary N) is 2. The van der Waals surface area contributed by atoms with Crippen LogP contribution in [0.15, 0.2) is 36.9 Å². The summed E-state index contributed by atoms with van der Waals surface area (Å²) in [5, 5.41) is 10.1. The minimum atomic E-state index is -0.350. The Morgan fingerprint density at radius 3 is 3.00 bits per heavy atom. The number of hydrogen-bond acceptors (Lipinski definition) is 5. The molecule has 0 aliphatic carbocycles. The van der Waals surface area contributed by atoms with Crippen molar-refractivity contribution in [1.29, 1.82) is 0 Å². The number of amides is 1. The average Bonchev–Trinajstić information content (AvgIpc) is 2.83. The molecule has 7 heteroatoms. The van der Waals surface area contributed by atoms with E-state index in [2.05, 4.69) is 30.5 Å². The van der Waals surface area contributed by atoms with Crippen molar-refractivity contribution in [2.24, 2.45) is 0 Å². The summed E-state index contributed by atoms with van der Waals surface area (Å²) in [6.45, 7) is 0. The van der Waals surface area contributed by atoms with E-state index in [1.165, 1.54) is 18.6 Å². The summed E-state index contributed by atoms with van der Waals surface area (Å²) in [6.07, 6.45) is 6.00. The average molecular weight is 240 g/mol. The second kappa shape index (κ2) is 4.21. The Balaban J connectivity index is 1.91. The van der Waals surface area contributed by atoms with E-state index < -0.39 is 0 Å². The van der Waals surface area contributed by atoms with Gasteiger partial charge in [-0.25, -0.2) is 9.97 Å². The van der Waals surface area contributed by atoms with Gasteiger partial charge in [-0.15, -0.1) is 0 Å². The number of H-pyrrole nitrogens is 1. The lowest BCUT2D eigenvalue weighted by Gasteiger charge is -2.01. The first kappa shape index (κ1) is 10.3. The number of anilines is 1. The highest BCUT2D eigenvalue weighted by molar-refractivity contribution is 6.06. The van der Waals surface area contributed by atoms with Crippen LogP contribution in [0.1, 0.15) is 10.5 Å². The van der Waals surface area contributed by atoms with Crippen LogP contribution in [-0.4, -0.2) is 31.1 Å². The van der Waals surface area contributed by atoms with Gasteiger partial charge in [0.2, 0.25) is 0 Å². The van der Waals surface area contributed by atoms with Gasteiger partial charge in [0, 0.05) is 18.6 Å². The molecule has 3 aromatic heterocycles. The molecule has 3 aromatic rings. The van der Waals surface area contributed by atoms with Gasteiger partial charge < -0.3 is 5.32 Å². The first-order valence-corrected chi connectivity index (χ1v) is 5.21. The Kier molecular flexibility index (Phi) is 2.41. The third kappa shape index (κ3) is 1.77. The molecule has 0 saturated carbocycles. The molecular weight excluding hydrogens is 232 g/mol. The van der Waals surface area contributed by atoms with Gasteiger partial charge >= 0.3 is 0 Å². The van der Waals surface area contributed by atoms with Gasteiger partial charge in [0.15, 0.2) is 5.65 Å². The first-order chi connectivity index (χ1) is 8.84. The van der Waals surface area contributed by atoms with Crippen molar-refractivity contribution in [3.8, 4) is 0 Å². The second-order valence-electron chi connectivity index (χ2n) is 3.52. The predicted octanol–water partition coefficient (Wildman–Crippen LogP) is 1.00. The molecule has 3 heterocycles. The number of aromatic amines is 1. The van der Waals surface area contributed by atoms with Gasteiger partial charge in [-0.05, 0) is 12.1 Å². The molecule has 0 atom stereocenters. The highest BCUT2D eigenvalue weighted by atomic mass is 16.2. The van der Waals surface area contributed by atoms with E-state index in [1.807, 2.05) is 6.07 Å². The molecule has 3 rings (SSSR count). The third-order valence-electron chi connectivity index (χ3n) is 2.36. The maximum absolute atomic E-state index is 11.9. The molecule has 0 aliphatic rings. The summed E-state index contributed by atoms with van der Waals surface area (Å²) in [6, 6.07) is 3.59. The molecule has 0 radical (unpaired) electrons. The number of fused-ring (bicyclic) bond motifs is 1. The smallest absolute Gasteiger partial charge is 0.277 e. The number of aromatic nitrogens is 5. The van der Waals surface area contributed by atoms with Crippen LogP contribution in [0.2, 0.25) is 0 Å². The van der Waals surface area contributed by atoms with Gasteiger partial charge in [-0.2, -0.15) is 5.10 Å². The zero-order valence-corrected chi connectivity index (χ0v) is 9.16. The van der Waals surface area contributed by atoms with Crippen LogP contribution < -0.4 is 5.32 Å². The summed E-state index contributed by atoms with van der Waals surface area (Å²) in [4.78, 5) is 23.7. The van der Waals surface area contributed by atoms with Crippen molar-refractivity contribution in [2.75, 3.05) is 5.32 Å². The third-order valence-corrected chi connectivity index (χ3v) is 2.36. The van der Waals surface area contributed by atoms with Crippen LogP contribution >= 0.6 is 0 Å². The van der Waals surface area contributed by atoms with Crippen LogP contribution in [0.4, 0.5) is 5.82 Å². The normalized spacial score (nSPS) is 10.4. The fourth-order valence-electron chi connectivity index (χ4n) is 1.54. The van der Waals surface area contributed by atoms with Crippen LogP contribution in [-0.2, 0) is 0 Å². The number of hydrogen-bond donors (Lipinski definition) is 2. The molecule has 0 saturated heterocycles. The van der Waals surface area contributed by atoms with Gasteiger partial charge in [-0.3, -0.25) is 14.9 Å². The summed E-state index contributed by atoms with van der Waals surface area (Å²) in [7, 11) is 0. The molecular formula is C11H8N6O. The van der Waals surface area contributed by atoms with Gasteiger partial charge in [-0.1, -0.05) is 0 Å². The van der Waals surface area contributed by atoms with Crippen molar-refractivity contribution in [3.05, 3.63) is 42.6 Å². The lowest BCUT2D eigenvalue weighted by Crippen LogP contribution is -2.14. The van der Waals surface area contributed by atoms with Gasteiger partial charge in [0.05, 0.1) is 11.6 Å². The van der Waals surface area contributed by atoms with Crippen LogP contribution in [0.3, 0.4) is 0 Å². The topological polar surface area (TPSA) is 96.5 Å². The molecule has 7 nitrogen and oxygen atoms in total. The van der Waals surface area contributed by atoms with E-state index in [0.717, 1.165) is 5.39 Å². The summed E-state index contributed by atoms with van der Waals surface area (Å²) < 4.78 is 0. The van der Waals surface area contributed by atoms with E-state index in [1.54, 1.807) is 12.3 Å². The SMILES string of the molecule is O=C(Nc1[nH]nc2ncccc12)c1cnccn1. The molecule has 0 aromatic carbocycles. The number of rotatable bonds is 2. The molecule has 2 N–H and O–H groups in total. The van der Waals surface area contributed by atoms with Gasteiger partial charge in [0.25, 0.3) is 5.91 Å². The van der Waals surface area contributed by atoms with E-state index >= 15 is 0 Å². The molecule has 0 unspecified atom stereocenters. The monoisotopic (exact) mass is 240 g/mol. The van der Waals surface area contributed by atoms with E-state index in [0.29, 0.717) is 11.5 Å². The molecule has 88 valence electrons. The first-order valence-electron chi connectivity index (χ1n) is 5.21. The Bertz CT molecular complexity index is 693. The number of nitrogens with zero attached hydrogens (tertiary/aromatic N) is 4. The summed E-state index contributed by atoms with van der Waals surface area (Å²) in [5.41, 5.74) is 0.788. The van der Waals surface area contributed by atoms with Crippen LogP contribution in [0.25, 0.3) is 11.0 Å². The lowest BCUT2D eigenvalue weighted by atomic mass is 10.3. The fraction of sp³-hybridized carbons (Fsp3) is 0. The summed E-state index contributed by atoms with van der Waals surface area (Å²) in [5.74, 6) is 0.145. The van der Waals surface area contributed by atoms with E-state index in [4.69, 9.17) is 0 Å². The van der Waals surface area contributed by atoms with Crippen molar-refractivity contribution in [2.45, 2.75) is 0 Å². The highest BCUT2D eigenvalue weighted by Gasteiger charge is 2.11. The summed E-state index contributed by atoms with van der Waals surface area (Å²) >= 11 is 0. The second-order valence-corrected chi connectivity index (χ2v) is 3.52. The van der Waals surface area contributed by atoms with E-state index in [9.17, 15) is 4.79 Å². The zero-order valence-electron chi connectivity index (χ0n) is 9.16. The maximum atomic E-state index is 11.9. The quantitative estimate of drug-likeness (QED) is 0.696. The molecule has 0 fully saturated rings. The Labute approximate surface area is 101 Å². The van der Waals surface area contributed by atoms with Crippen molar-refractivity contribution in [1.82, 2.24) is 25.1 Å². The molecule has 1 amide bonds. The highest BCUT2D eigenvalue weighted by Crippen LogP contribution is 2.17. The predicted molar refractivity (Wildman–Crippen MR) is 63.9 cm³/mol. The Morgan fingerprint density at radius 2 is 2.17 bits per heavy atom. The number of carbonyl (C=O) groups excluding carboxylic acids is 1. The maximum Gasteiger partial charge on any atom is 0.277 e. The van der Waals surface area contributed by atoms with Gasteiger partial charge in [0.1, 0.15) is 11.5 Å². The molecule has 18 heavy (non-hydrogen) atoms.